The van der Waals surface area contributed by atoms with Crippen molar-refractivity contribution in [2.24, 2.45) is 4.99 Å². The summed E-state index contributed by atoms with van der Waals surface area (Å²) in [5.41, 5.74) is 3.08. The predicted octanol–water partition coefficient (Wildman–Crippen LogP) is 4.00. The molecule has 0 spiro atoms. The minimum atomic E-state index is -2.53. The van der Waals surface area contributed by atoms with Gasteiger partial charge in [-0.3, -0.25) is 13.6 Å². The SMILES string of the molecule is C=C/C=C\N(C/C=C1/CC(C)=CCC(C)=N1)B(F)F. The Balaban J connectivity index is 2.77. The lowest BCUT2D eigenvalue weighted by Gasteiger charge is -2.14. The lowest BCUT2D eigenvalue weighted by atomic mass is 10.1. The fourth-order valence-electron chi connectivity index (χ4n) is 1.72. The molecule has 0 atom stereocenters. The van der Waals surface area contributed by atoms with Crippen LogP contribution in [0.2, 0.25) is 0 Å². The number of aliphatic imine (C=N–C) groups is 1. The van der Waals surface area contributed by atoms with Crippen molar-refractivity contribution in [3.8, 4) is 0 Å². The lowest BCUT2D eigenvalue weighted by molar-refractivity contribution is 0.483. The van der Waals surface area contributed by atoms with Crippen LogP contribution in [0.15, 0.2) is 53.3 Å². The molecular weight excluding hydrogens is 245 g/mol. The van der Waals surface area contributed by atoms with Gasteiger partial charge in [0.05, 0.1) is 0 Å². The molecular formula is C14H19BF2N2. The highest BCUT2D eigenvalue weighted by Gasteiger charge is 2.20. The molecule has 0 saturated heterocycles. The Kier molecular flexibility index (Phi) is 6.26. The van der Waals surface area contributed by atoms with Gasteiger partial charge in [-0.2, -0.15) is 0 Å². The molecule has 2 nitrogen and oxygen atoms in total. The molecule has 0 aromatic rings. The highest BCUT2D eigenvalue weighted by atomic mass is 19.2. The van der Waals surface area contributed by atoms with Crippen LogP contribution in [0.1, 0.15) is 26.7 Å². The van der Waals surface area contributed by atoms with Gasteiger partial charge in [-0.15, -0.1) is 0 Å². The number of rotatable bonds is 5. The van der Waals surface area contributed by atoms with Gasteiger partial charge < -0.3 is 4.81 Å². The minimum Gasteiger partial charge on any atom is -0.359 e. The standard InChI is InChI=1S/C14H19BF2N2/c1-4-5-9-19(15(16)17)10-8-14-11-12(2)6-7-13(3)18-14/h4-6,8-9H,1,7,10-11H2,2-3H3/b9-5-,14-8-. The van der Waals surface area contributed by atoms with E-state index in [1.165, 1.54) is 23.9 Å². The summed E-state index contributed by atoms with van der Waals surface area (Å²) in [6, 6.07) is 0. The van der Waals surface area contributed by atoms with E-state index < -0.39 is 7.40 Å². The molecule has 0 bridgehead atoms. The maximum atomic E-state index is 12.8. The van der Waals surface area contributed by atoms with E-state index in [1.54, 1.807) is 6.08 Å². The van der Waals surface area contributed by atoms with Crippen LogP contribution in [-0.2, 0) is 0 Å². The molecule has 0 amide bonds. The molecule has 0 fully saturated rings. The van der Waals surface area contributed by atoms with Crippen molar-refractivity contribution in [2.75, 3.05) is 6.54 Å². The van der Waals surface area contributed by atoms with Crippen molar-refractivity contribution in [1.82, 2.24) is 4.81 Å². The molecule has 102 valence electrons. The fourth-order valence-corrected chi connectivity index (χ4v) is 1.72. The normalized spacial score (nSPS) is 18.0. The lowest BCUT2D eigenvalue weighted by Crippen LogP contribution is -2.27. The average molecular weight is 264 g/mol. The summed E-state index contributed by atoms with van der Waals surface area (Å²) >= 11 is 0. The van der Waals surface area contributed by atoms with Crippen LogP contribution >= 0.6 is 0 Å². The third kappa shape index (κ3) is 5.68. The molecule has 0 N–H and O–H groups in total. The average Bonchev–Trinajstić information content (AvgIpc) is 2.50. The van der Waals surface area contributed by atoms with Crippen LogP contribution in [0, 0.1) is 0 Å². The van der Waals surface area contributed by atoms with Gasteiger partial charge in [0.25, 0.3) is 0 Å². The molecule has 0 aliphatic carbocycles. The van der Waals surface area contributed by atoms with Crippen LogP contribution in [-0.4, -0.2) is 24.5 Å². The van der Waals surface area contributed by atoms with E-state index in [0.717, 1.165) is 29.1 Å². The van der Waals surface area contributed by atoms with Gasteiger partial charge in [0, 0.05) is 30.8 Å². The quantitative estimate of drug-likeness (QED) is 0.416. The second-order valence-electron chi connectivity index (χ2n) is 4.53. The van der Waals surface area contributed by atoms with Gasteiger partial charge in [-0.1, -0.05) is 24.3 Å². The molecule has 0 radical (unpaired) electrons. The zero-order valence-electron chi connectivity index (χ0n) is 11.4. The maximum absolute atomic E-state index is 12.8. The zero-order chi connectivity index (χ0) is 14.3. The molecule has 5 heteroatoms. The second kappa shape index (κ2) is 7.72. The van der Waals surface area contributed by atoms with Crippen molar-refractivity contribution < 1.29 is 8.63 Å². The highest BCUT2D eigenvalue weighted by molar-refractivity contribution is 6.39. The summed E-state index contributed by atoms with van der Waals surface area (Å²) in [4.78, 5) is 5.40. The molecule has 19 heavy (non-hydrogen) atoms. The van der Waals surface area contributed by atoms with Crippen LogP contribution in [0.25, 0.3) is 0 Å². The van der Waals surface area contributed by atoms with Crippen LogP contribution < -0.4 is 0 Å². The number of hydrogen-bond acceptors (Lipinski definition) is 2. The smallest absolute Gasteiger partial charge is 0.359 e. The number of allylic oxidation sites excluding steroid dienone is 4. The molecule has 1 rings (SSSR count). The number of halogens is 2. The highest BCUT2D eigenvalue weighted by Crippen LogP contribution is 2.17. The van der Waals surface area contributed by atoms with E-state index in [1.807, 2.05) is 13.8 Å². The Hall–Kier alpha value is -1.65. The van der Waals surface area contributed by atoms with Gasteiger partial charge >= 0.3 is 7.40 Å². The van der Waals surface area contributed by atoms with Crippen LogP contribution in [0.3, 0.4) is 0 Å². The van der Waals surface area contributed by atoms with Crippen LogP contribution in [0.4, 0.5) is 8.63 Å². The molecule has 1 aliphatic heterocycles. The van der Waals surface area contributed by atoms with Crippen molar-refractivity contribution in [2.45, 2.75) is 26.7 Å². The van der Waals surface area contributed by atoms with Crippen LogP contribution in [0.5, 0.6) is 0 Å². The first-order chi connectivity index (χ1) is 9.02. The van der Waals surface area contributed by atoms with Gasteiger partial charge in [0.1, 0.15) is 0 Å². The zero-order valence-corrected chi connectivity index (χ0v) is 11.4. The first-order valence-electron chi connectivity index (χ1n) is 6.25. The van der Waals surface area contributed by atoms with Crippen molar-refractivity contribution >= 4 is 13.1 Å². The van der Waals surface area contributed by atoms with Gasteiger partial charge in [-0.05, 0) is 32.2 Å². The summed E-state index contributed by atoms with van der Waals surface area (Å²) in [6.45, 7) is 7.59. The Labute approximate surface area is 114 Å². The van der Waals surface area contributed by atoms with Crippen molar-refractivity contribution in [3.63, 3.8) is 0 Å². The molecule has 1 aliphatic rings. The topological polar surface area (TPSA) is 15.6 Å². The van der Waals surface area contributed by atoms with E-state index in [0.29, 0.717) is 0 Å². The number of hydrogen-bond donors (Lipinski definition) is 0. The Morgan fingerprint density at radius 3 is 2.84 bits per heavy atom. The number of nitrogens with zero attached hydrogens (tertiary/aromatic N) is 2. The molecule has 1 heterocycles. The molecule has 0 aromatic carbocycles. The van der Waals surface area contributed by atoms with Gasteiger partial charge in [0.2, 0.25) is 0 Å². The first-order valence-corrected chi connectivity index (χ1v) is 6.25. The van der Waals surface area contributed by atoms with E-state index in [2.05, 4.69) is 17.6 Å². The first kappa shape index (κ1) is 15.4. The summed E-state index contributed by atoms with van der Waals surface area (Å²) in [7, 11) is -2.53. The Morgan fingerprint density at radius 2 is 2.21 bits per heavy atom. The summed E-state index contributed by atoms with van der Waals surface area (Å²) in [6.07, 6.45) is 9.75. The molecule has 0 saturated carbocycles. The summed E-state index contributed by atoms with van der Waals surface area (Å²) in [5.74, 6) is 0. The van der Waals surface area contributed by atoms with Crippen molar-refractivity contribution in [3.05, 3.63) is 48.4 Å². The third-order valence-electron chi connectivity index (χ3n) is 2.74. The van der Waals surface area contributed by atoms with E-state index in [9.17, 15) is 8.63 Å². The van der Waals surface area contributed by atoms with E-state index in [4.69, 9.17) is 0 Å². The van der Waals surface area contributed by atoms with Gasteiger partial charge in [0.15, 0.2) is 0 Å². The largest absolute Gasteiger partial charge is 0.673 e. The Morgan fingerprint density at radius 1 is 1.47 bits per heavy atom. The summed E-state index contributed by atoms with van der Waals surface area (Å²) < 4.78 is 25.5. The Bertz CT molecular complexity index is 437. The van der Waals surface area contributed by atoms with E-state index in [-0.39, 0.29) is 6.54 Å². The van der Waals surface area contributed by atoms with Crippen molar-refractivity contribution in [1.29, 1.82) is 0 Å². The van der Waals surface area contributed by atoms with E-state index >= 15 is 0 Å². The third-order valence-corrected chi connectivity index (χ3v) is 2.74. The predicted molar refractivity (Wildman–Crippen MR) is 78.2 cm³/mol. The second-order valence-corrected chi connectivity index (χ2v) is 4.53. The molecule has 0 unspecified atom stereocenters. The van der Waals surface area contributed by atoms with Gasteiger partial charge in [-0.25, -0.2) is 0 Å². The minimum absolute atomic E-state index is 0.140. The summed E-state index contributed by atoms with van der Waals surface area (Å²) in [5, 5.41) is 0. The maximum Gasteiger partial charge on any atom is 0.673 e. The monoisotopic (exact) mass is 264 g/mol. The fraction of sp³-hybridized carbons (Fsp3) is 0.357. The molecule has 0 aromatic heterocycles.